The molecule has 0 radical (unpaired) electrons. The molecule has 0 aliphatic carbocycles. The average molecular weight is 499 g/mol. The van der Waals surface area contributed by atoms with Gasteiger partial charge in [0.2, 0.25) is 0 Å². The van der Waals surface area contributed by atoms with Crippen molar-refractivity contribution in [2.24, 2.45) is 10.9 Å². The molecule has 1 aliphatic rings. The Morgan fingerprint density at radius 3 is 2.72 bits per heavy atom. The number of likely N-dealkylation sites (tertiary alicyclic amines) is 1. The zero-order valence-corrected chi connectivity index (χ0v) is 19.0. The van der Waals surface area contributed by atoms with Gasteiger partial charge in [-0.25, -0.2) is 0 Å². The number of halogens is 3. The highest BCUT2D eigenvalue weighted by Crippen LogP contribution is 2.26. The monoisotopic (exact) mass is 498 g/mol. The van der Waals surface area contributed by atoms with Gasteiger partial charge in [-0.3, -0.25) is 4.99 Å². The van der Waals surface area contributed by atoms with Crippen LogP contribution in [0.4, 0.5) is 0 Å². The van der Waals surface area contributed by atoms with Crippen LogP contribution in [0.5, 0.6) is 0 Å². The third-order valence-corrected chi connectivity index (χ3v) is 5.01. The Labute approximate surface area is 178 Å². The fourth-order valence-corrected chi connectivity index (χ4v) is 3.60. The van der Waals surface area contributed by atoms with Gasteiger partial charge in [0.05, 0.1) is 6.04 Å². The largest absolute Gasteiger partial charge is 0.357 e. The lowest BCUT2D eigenvalue weighted by Crippen LogP contribution is -2.39. The fourth-order valence-electron chi connectivity index (χ4n) is 3.03. The minimum absolute atomic E-state index is 0. The smallest absolute Gasteiger partial charge is 0.191 e. The van der Waals surface area contributed by atoms with E-state index in [1.807, 2.05) is 12.1 Å². The first-order chi connectivity index (χ1) is 11.5. The van der Waals surface area contributed by atoms with Crippen molar-refractivity contribution in [2.45, 2.75) is 33.2 Å². The molecular weight excluding hydrogens is 470 g/mol. The van der Waals surface area contributed by atoms with E-state index in [1.54, 1.807) is 6.07 Å². The number of hydrogen-bond donors (Lipinski definition) is 2. The van der Waals surface area contributed by atoms with E-state index in [0.717, 1.165) is 37.7 Å². The summed E-state index contributed by atoms with van der Waals surface area (Å²) in [5, 5.41) is 8.09. The molecule has 1 aliphatic heterocycles. The normalized spacial score (nSPS) is 19.4. The van der Waals surface area contributed by atoms with E-state index >= 15 is 0 Å². The number of benzene rings is 1. The summed E-state index contributed by atoms with van der Waals surface area (Å²) in [6, 6.07) is 5.66. The molecule has 7 heteroatoms. The van der Waals surface area contributed by atoms with Crippen LogP contribution in [0.1, 0.15) is 38.8 Å². The van der Waals surface area contributed by atoms with Gasteiger partial charge in [-0.1, -0.05) is 36.2 Å². The van der Waals surface area contributed by atoms with Crippen LogP contribution in [0.2, 0.25) is 10.0 Å². The molecule has 1 saturated heterocycles. The van der Waals surface area contributed by atoms with Crippen LogP contribution >= 0.6 is 47.2 Å². The van der Waals surface area contributed by atoms with E-state index in [1.165, 1.54) is 13.0 Å². The van der Waals surface area contributed by atoms with E-state index < -0.39 is 0 Å². The van der Waals surface area contributed by atoms with E-state index in [-0.39, 0.29) is 30.0 Å². The van der Waals surface area contributed by atoms with Gasteiger partial charge in [0.1, 0.15) is 0 Å². The minimum Gasteiger partial charge on any atom is -0.357 e. The third kappa shape index (κ3) is 7.12. The molecule has 2 unspecified atom stereocenters. The van der Waals surface area contributed by atoms with E-state index in [9.17, 15) is 0 Å². The van der Waals surface area contributed by atoms with Gasteiger partial charge >= 0.3 is 0 Å². The maximum Gasteiger partial charge on any atom is 0.191 e. The second kappa shape index (κ2) is 11.5. The van der Waals surface area contributed by atoms with Crippen LogP contribution < -0.4 is 10.6 Å². The first-order valence-corrected chi connectivity index (χ1v) is 9.51. The molecule has 0 aromatic heterocycles. The van der Waals surface area contributed by atoms with Gasteiger partial charge in [0.25, 0.3) is 0 Å². The first-order valence-electron chi connectivity index (χ1n) is 8.75. The summed E-state index contributed by atoms with van der Waals surface area (Å²) in [5.41, 5.74) is 1.02. The van der Waals surface area contributed by atoms with Crippen molar-refractivity contribution < 1.29 is 0 Å². The van der Waals surface area contributed by atoms with Crippen molar-refractivity contribution in [1.29, 1.82) is 0 Å². The second-order valence-corrected chi connectivity index (χ2v) is 7.14. The van der Waals surface area contributed by atoms with Gasteiger partial charge in [-0.2, -0.15) is 0 Å². The summed E-state index contributed by atoms with van der Waals surface area (Å²) >= 11 is 12.3. The Kier molecular flexibility index (Phi) is 10.5. The molecule has 2 N–H and O–H groups in total. The quantitative estimate of drug-likeness (QED) is 0.343. The molecule has 2 rings (SSSR count). The van der Waals surface area contributed by atoms with Crippen molar-refractivity contribution in [1.82, 2.24) is 15.5 Å². The highest BCUT2D eigenvalue weighted by molar-refractivity contribution is 14.0. The number of rotatable bonds is 6. The van der Waals surface area contributed by atoms with E-state index in [0.29, 0.717) is 16.0 Å². The lowest BCUT2D eigenvalue weighted by atomic mass is 10.1. The number of hydrogen-bond acceptors (Lipinski definition) is 2. The Balaban J connectivity index is 0.00000312. The lowest BCUT2D eigenvalue weighted by Gasteiger charge is -2.20. The van der Waals surface area contributed by atoms with Gasteiger partial charge < -0.3 is 15.5 Å². The second-order valence-electron chi connectivity index (χ2n) is 6.30. The summed E-state index contributed by atoms with van der Waals surface area (Å²) < 4.78 is 0. The third-order valence-electron chi connectivity index (χ3n) is 4.45. The number of nitrogens with one attached hydrogen (secondary N) is 2. The molecule has 1 heterocycles. The minimum atomic E-state index is 0. The fraction of sp³-hybridized carbons (Fsp3) is 0.611. The van der Waals surface area contributed by atoms with Crippen molar-refractivity contribution in [3.8, 4) is 0 Å². The molecule has 0 spiro atoms. The lowest BCUT2D eigenvalue weighted by molar-refractivity contribution is 0.343. The molecule has 4 nitrogen and oxygen atoms in total. The van der Waals surface area contributed by atoms with Crippen molar-refractivity contribution in [3.63, 3.8) is 0 Å². The standard InChI is InChI=1S/C18H28Cl2N4.HI/c1-4-21-18(22-11-14-8-9-24(5-2)12-14)23-13(3)16-7-6-15(19)10-17(16)20;/h6-7,10,13-14H,4-5,8-9,11-12H2,1-3H3,(H2,21,22,23);1H. The number of guanidine groups is 1. The van der Waals surface area contributed by atoms with Crippen LogP contribution in [-0.2, 0) is 0 Å². The molecular formula is C18H29Cl2IN4. The molecule has 0 bridgehead atoms. The Bertz CT molecular complexity index is 568. The van der Waals surface area contributed by atoms with E-state index in [2.05, 4.69) is 36.3 Å². The van der Waals surface area contributed by atoms with Crippen molar-refractivity contribution in [3.05, 3.63) is 33.8 Å². The van der Waals surface area contributed by atoms with Crippen LogP contribution in [0.15, 0.2) is 23.2 Å². The van der Waals surface area contributed by atoms with Crippen LogP contribution in [0.25, 0.3) is 0 Å². The summed E-state index contributed by atoms with van der Waals surface area (Å²) in [4.78, 5) is 7.26. The molecule has 1 aromatic carbocycles. The van der Waals surface area contributed by atoms with Crippen LogP contribution in [0, 0.1) is 5.92 Å². The molecule has 0 amide bonds. The van der Waals surface area contributed by atoms with Gasteiger partial charge in [-0.15, -0.1) is 24.0 Å². The van der Waals surface area contributed by atoms with Gasteiger partial charge in [0, 0.05) is 29.7 Å². The Hall–Kier alpha value is -0.240. The predicted octanol–water partition coefficient (Wildman–Crippen LogP) is 4.57. The molecule has 2 atom stereocenters. The Morgan fingerprint density at radius 2 is 2.12 bits per heavy atom. The highest BCUT2D eigenvalue weighted by atomic mass is 127. The number of nitrogens with zero attached hydrogens (tertiary/aromatic N) is 2. The van der Waals surface area contributed by atoms with Gasteiger partial charge in [0.15, 0.2) is 5.96 Å². The summed E-state index contributed by atoms with van der Waals surface area (Å²) in [5.74, 6) is 1.49. The average Bonchev–Trinajstić information content (AvgIpc) is 3.00. The number of aliphatic imine (C=N–C) groups is 1. The predicted molar refractivity (Wildman–Crippen MR) is 120 cm³/mol. The molecule has 1 fully saturated rings. The van der Waals surface area contributed by atoms with E-state index in [4.69, 9.17) is 28.2 Å². The van der Waals surface area contributed by atoms with Crippen LogP contribution in [-0.4, -0.2) is 43.6 Å². The molecule has 142 valence electrons. The van der Waals surface area contributed by atoms with Gasteiger partial charge in [-0.05, 0) is 57.0 Å². The zero-order chi connectivity index (χ0) is 17.5. The van der Waals surface area contributed by atoms with Crippen molar-refractivity contribution in [2.75, 3.05) is 32.7 Å². The first kappa shape index (κ1) is 22.8. The zero-order valence-electron chi connectivity index (χ0n) is 15.2. The van der Waals surface area contributed by atoms with Crippen molar-refractivity contribution >= 4 is 53.1 Å². The molecule has 1 aromatic rings. The highest BCUT2D eigenvalue weighted by Gasteiger charge is 2.21. The summed E-state index contributed by atoms with van der Waals surface area (Å²) in [7, 11) is 0. The summed E-state index contributed by atoms with van der Waals surface area (Å²) in [6.45, 7) is 11.5. The van der Waals surface area contributed by atoms with Crippen LogP contribution in [0.3, 0.4) is 0 Å². The maximum absolute atomic E-state index is 6.31. The Morgan fingerprint density at radius 1 is 1.36 bits per heavy atom. The molecule has 25 heavy (non-hydrogen) atoms. The maximum atomic E-state index is 6.31. The summed E-state index contributed by atoms with van der Waals surface area (Å²) in [6.07, 6.45) is 1.23. The topological polar surface area (TPSA) is 39.7 Å². The SMILES string of the molecule is CCNC(=NCC1CCN(CC)C1)NC(C)c1ccc(Cl)cc1Cl.I. The molecule has 0 saturated carbocycles.